The van der Waals surface area contributed by atoms with E-state index in [9.17, 15) is 26.4 Å². The molecule has 1 saturated carbocycles. The van der Waals surface area contributed by atoms with Gasteiger partial charge in [0, 0.05) is 36.8 Å². The highest BCUT2D eigenvalue weighted by atomic mass is 32.2. The summed E-state index contributed by atoms with van der Waals surface area (Å²) in [4.78, 5) is 12.5. The van der Waals surface area contributed by atoms with Crippen molar-refractivity contribution in [2.45, 2.75) is 49.2 Å². The third-order valence-corrected chi connectivity index (χ3v) is 7.44. The van der Waals surface area contributed by atoms with Crippen molar-refractivity contribution >= 4 is 15.9 Å². The molecule has 1 saturated heterocycles. The number of hydrogen-bond acceptors (Lipinski definition) is 4. The van der Waals surface area contributed by atoms with Gasteiger partial charge in [0.15, 0.2) is 5.69 Å². The molecular weight excluding hydrogens is 433 g/mol. The third kappa shape index (κ3) is 4.77. The molecule has 168 valence electrons. The summed E-state index contributed by atoms with van der Waals surface area (Å²) in [6.07, 6.45) is -1.16. The van der Waals surface area contributed by atoms with Crippen molar-refractivity contribution in [2.24, 2.45) is 0 Å². The number of nitrogens with zero attached hydrogens (tertiary/aromatic N) is 3. The average Bonchev–Trinajstić information content (AvgIpc) is 3.23. The number of carbonyl (C=O) groups excluding carboxylic acids is 1. The van der Waals surface area contributed by atoms with Gasteiger partial charge >= 0.3 is 6.18 Å². The Hall–Kier alpha value is -2.40. The molecule has 2 heterocycles. The highest BCUT2D eigenvalue weighted by Crippen LogP contribution is 2.42. The number of carbonyl (C=O) groups is 1. The van der Waals surface area contributed by atoms with Crippen LogP contribution in [0.4, 0.5) is 13.2 Å². The summed E-state index contributed by atoms with van der Waals surface area (Å²) in [6, 6.07) is 6.75. The largest absolute Gasteiger partial charge is 0.435 e. The Kier molecular flexibility index (Phi) is 5.82. The second-order valence-corrected chi connectivity index (χ2v) is 9.78. The Bertz CT molecular complexity index is 1050. The Morgan fingerprint density at radius 3 is 2.35 bits per heavy atom. The summed E-state index contributed by atoms with van der Waals surface area (Å²) in [5.41, 5.74) is -0.104. The third-order valence-electron chi connectivity index (χ3n) is 5.53. The summed E-state index contributed by atoms with van der Waals surface area (Å²) in [5.74, 6) is -0.342. The van der Waals surface area contributed by atoms with E-state index in [1.807, 2.05) is 0 Å². The van der Waals surface area contributed by atoms with E-state index in [1.165, 1.54) is 33.3 Å². The normalized spacial score (nSPS) is 17.8. The van der Waals surface area contributed by atoms with E-state index < -0.39 is 27.8 Å². The molecule has 0 bridgehead atoms. The molecule has 4 rings (SSSR count). The van der Waals surface area contributed by atoms with Crippen LogP contribution in [-0.2, 0) is 22.7 Å². The number of aromatic nitrogens is 2. The van der Waals surface area contributed by atoms with E-state index in [1.54, 1.807) is 0 Å². The summed E-state index contributed by atoms with van der Waals surface area (Å²) >= 11 is 0. The lowest BCUT2D eigenvalue weighted by Gasteiger charge is -2.15. The first-order valence-corrected chi connectivity index (χ1v) is 11.6. The van der Waals surface area contributed by atoms with Gasteiger partial charge in [0.05, 0.1) is 11.4 Å². The zero-order valence-electron chi connectivity index (χ0n) is 16.7. The highest BCUT2D eigenvalue weighted by molar-refractivity contribution is 7.89. The maximum atomic E-state index is 13.0. The highest BCUT2D eigenvalue weighted by Gasteiger charge is 2.37. The van der Waals surface area contributed by atoms with Crippen LogP contribution in [0.3, 0.4) is 0 Å². The number of nitrogens with one attached hydrogen (secondary N) is 1. The molecule has 7 nitrogen and oxygen atoms in total. The van der Waals surface area contributed by atoms with Crippen LogP contribution in [0.2, 0.25) is 0 Å². The summed E-state index contributed by atoms with van der Waals surface area (Å²) < 4.78 is 66.7. The van der Waals surface area contributed by atoms with E-state index in [0.29, 0.717) is 18.8 Å². The van der Waals surface area contributed by atoms with Gasteiger partial charge in [-0.3, -0.25) is 9.48 Å². The minimum Gasteiger partial charge on any atom is -0.350 e. The quantitative estimate of drug-likeness (QED) is 0.694. The lowest BCUT2D eigenvalue weighted by Crippen LogP contribution is -2.29. The van der Waals surface area contributed by atoms with Crippen molar-refractivity contribution in [3.05, 3.63) is 47.3 Å². The average molecular weight is 456 g/mol. The van der Waals surface area contributed by atoms with E-state index >= 15 is 0 Å². The van der Waals surface area contributed by atoms with Gasteiger partial charge in [0.2, 0.25) is 10.0 Å². The van der Waals surface area contributed by atoms with Crippen LogP contribution in [0.5, 0.6) is 0 Å². The molecule has 1 aliphatic carbocycles. The maximum absolute atomic E-state index is 13.0. The van der Waals surface area contributed by atoms with Crippen LogP contribution in [-0.4, -0.2) is 48.0 Å². The van der Waals surface area contributed by atoms with E-state index in [4.69, 9.17) is 0 Å². The van der Waals surface area contributed by atoms with Crippen molar-refractivity contribution in [1.29, 1.82) is 0 Å². The first-order valence-electron chi connectivity index (χ1n) is 10.2. The summed E-state index contributed by atoms with van der Waals surface area (Å²) in [5, 5.41) is 6.31. The topological polar surface area (TPSA) is 84.3 Å². The van der Waals surface area contributed by atoms with Gasteiger partial charge in [0.25, 0.3) is 5.91 Å². The summed E-state index contributed by atoms with van der Waals surface area (Å²) in [6.45, 7) is 1.22. The lowest BCUT2D eigenvalue weighted by molar-refractivity contribution is -0.141. The minimum absolute atomic E-state index is 0.0874. The van der Waals surface area contributed by atoms with Crippen LogP contribution in [0, 0.1) is 0 Å². The Balaban J connectivity index is 1.37. The molecule has 2 aromatic rings. The number of amides is 1. The molecule has 2 fully saturated rings. The molecule has 0 atom stereocenters. The zero-order chi connectivity index (χ0) is 22.2. The van der Waals surface area contributed by atoms with Crippen molar-refractivity contribution in [3.63, 3.8) is 0 Å². The molecule has 0 unspecified atom stereocenters. The van der Waals surface area contributed by atoms with Crippen LogP contribution in [0.25, 0.3) is 0 Å². The molecule has 1 aromatic heterocycles. The predicted octanol–water partition coefficient (Wildman–Crippen LogP) is 2.99. The van der Waals surface area contributed by atoms with E-state index in [0.717, 1.165) is 31.7 Å². The number of hydrogen-bond donors (Lipinski definition) is 1. The van der Waals surface area contributed by atoms with Crippen LogP contribution in [0.1, 0.15) is 53.3 Å². The number of halogens is 3. The van der Waals surface area contributed by atoms with Gasteiger partial charge in [-0.1, -0.05) is 0 Å². The minimum atomic E-state index is -4.50. The zero-order valence-corrected chi connectivity index (χ0v) is 17.5. The number of rotatable bonds is 7. The maximum Gasteiger partial charge on any atom is 0.435 e. The lowest BCUT2D eigenvalue weighted by atomic mass is 10.2. The molecule has 0 spiro atoms. The van der Waals surface area contributed by atoms with Crippen molar-refractivity contribution in [3.8, 4) is 0 Å². The Morgan fingerprint density at radius 1 is 1.13 bits per heavy atom. The van der Waals surface area contributed by atoms with Gasteiger partial charge in [-0.25, -0.2) is 8.42 Å². The smallest absolute Gasteiger partial charge is 0.350 e. The Morgan fingerprint density at radius 2 is 1.77 bits per heavy atom. The predicted molar refractivity (Wildman–Crippen MR) is 106 cm³/mol. The van der Waals surface area contributed by atoms with Gasteiger partial charge in [-0.2, -0.15) is 22.6 Å². The van der Waals surface area contributed by atoms with Crippen molar-refractivity contribution in [1.82, 2.24) is 19.4 Å². The van der Waals surface area contributed by atoms with Crippen LogP contribution in [0.15, 0.2) is 35.2 Å². The second kappa shape index (κ2) is 8.27. The van der Waals surface area contributed by atoms with Gasteiger partial charge < -0.3 is 5.32 Å². The summed E-state index contributed by atoms with van der Waals surface area (Å²) in [7, 11) is -3.55. The van der Waals surface area contributed by atoms with E-state index in [-0.39, 0.29) is 29.5 Å². The van der Waals surface area contributed by atoms with Crippen LogP contribution < -0.4 is 5.32 Å². The van der Waals surface area contributed by atoms with Gasteiger partial charge in [-0.05, 0) is 56.0 Å². The fraction of sp³-hybridized carbons (Fsp3) is 0.500. The molecule has 1 N–H and O–H groups in total. The molecule has 31 heavy (non-hydrogen) atoms. The Labute approximate surface area is 178 Å². The molecule has 0 radical (unpaired) electrons. The first-order chi connectivity index (χ1) is 14.7. The first kappa shape index (κ1) is 21.8. The molecule has 2 aliphatic rings. The number of benzene rings is 1. The molecule has 1 aliphatic heterocycles. The number of alkyl halides is 3. The SMILES string of the molecule is O=C(NCCn1nc(C(F)(F)F)cc1C1CC1)c1ccc(S(=O)(=O)N2CCCC2)cc1. The fourth-order valence-corrected chi connectivity index (χ4v) is 5.21. The monoisotopic (exact) mass is 456 g/mol. The van der Waals surface area contributed by atoms with Crippen molar-refractivity contribution < 1.29 is 26.4 Å². The second-order valence-electron chi connectivity index (χ2n) is 7.84. The molecule has 1 aromatic carbocycles. The van der Waals surface area contributed by atoms with E-state index in [2.05, 4.69) is 10.4 Å². The molecule has 11 heteroatoms. The standard InChI is InChI=1S/C20H23F3N4O3S/c21-20(22,23)18-13-17(14-3-4-14)27(25-18)12-9-24-19(28)15-5-7-16(8-6-15)31(29,30)26-10-1-2-11-26/h5-8,13-14H,1-4,9-12H2,(H,24,28). The van der Waals surface area contributed by atoms with Gasteiger partial charge in [-0.15, -0.1) is 0 Å². The molecule has 1 amide bonds. The van der Waals surface area contributed by atoms with Gasteiger partial charge in [0.1, 0.15) is 0 Å². The molecular formula is C20H23F3N4O3S. The van der Waals surface area contributed by atoms with Crippen LogP contribution >= 0.6 is 0 Å². The number of sulfonamides is 1. The van der Waals surface area contributed by atoms with Crippen molar-refractivity contribution in [2.75, 3.05) is 19.6 Å². The fourth-order valence-electron chi connectivity index (χ4n) is 3.69.